The zero-order valence-electron chi connectivity index (χ0n) is 9.74. The van der Waals surface area contributed by atoms with Crippen molar-refractivity contribution >= 4 is 5.91 Å². The van der Waals surface area contributed by atoms with Gasteiger partial charge in [0.05, 0.1) is 12.7 Å². The number of morpholine rings is 1. The normalized spacial score (nSPS) is 22.1. The molecule has 0 saturated carbocycles. The molecular weight excluding hydrogens is 192 g/mol. The maximum Gasteiger partial charge on any atom is 0.222 e. The molecule has 15 heavy (non-hydrogen) atoms. The van der Waals surface area contributed by atoms with E-state index in [2.05, 4.69) is 13.8 Å². The average Bonchev–Trinajstić information content (AvgIpc) is 2.26. The molecule has 1 fully saturated rings. The summed E-state index contributed by atoms with van der Waals surface area (Å²) >= 11 is 0. The molecule has 0 aromatic carbocycles. The first-order valence-corrected chi connectivity index (χ1v) is 5.73. The standard InChI is InChI=1S/C11H22N2O2/c1-9(2)3-4-11(14)13-5-6-15-10(7-12)8-13/h9-10H,3-8,12H2,1-2H3. The third-order valence-electron chi connectivity index (χ3n) is 2.69. The molecule has 0 bridgehead atoms. The minimum absolute atomic E-state index is 0.0294. The van der Waals surface area contributed by atoms with Gasteiger partial charge >= 0.3 is 0 Å². The van der Waals surface area contributed by atoms with Gasteiger partial charge in [-0.05, 0) is 12.3 Å². The van der Waals surface area contributed by atoms with Crippen LogP contribution in [0.4, 0.5) is 0 Å². The van der Waals surface area contributed by atoms with Crippen molar-refractivity contribution in [2.24, 2.45) is 11.7 Å². The molecule has 0 aromatic rings. The summed E-state index contributed by atoms with van der Waals surface area (Å²) in [4.78, 5) is 13.7. The van der Waals surface area contributed by atoms with E-state index in [4.69, 9.17) is 10.5 Å². The van der Waals surface area contributed by atoms with Gasteiger partial charge in [-0.1, -0.05) is 13.8 Å². The smallest absolute Gasteiger partial charge is 0.222 e. The Labute approximate surface area is 91.8 Å². The topological polar surface area (TPSA) is 55.6 Å². The van der Waals surface area contributed by atoms with Gasteiger partial charge in [0.1, 0.15) is 0 Å². The van der Waals surface area contributed by atoms with Gasteiger partial charge in [-0.25, -0.2) is 0 Å². The number of ether oxygens (including phenoxy) is 1. The molecule has 0 aromatic heterocycles. The Morgan fingerprint density at radius 1 is 1.60 bits per heavy atom. The highest BCUT2D eigenvalue weighted by atomic mass is 16.5. The molecule has 1 aliphatic heterocycles. The fourth-order valence-corrected chi connectivity index (χ4v) is 1.66. The van der Waals surface area contributed by atoms with Crippen LogP contribution in [-0.4, -0.2) is 43.2 Å². The van der Waals surface area contributed by atoms with Gasteiger partial charge in [0.25, 0.3) is 0 Å². The number of carbonyl (C=O) groups is 1. The van der Waals surface area contributed by atoms with Crippen LogP contribution in [0.15, 0.2) is 0 Å². The van der Waals surface area contributed by atoms with Gasteiger partial charge in [0.2, 0.25) is 5.91 Å². The van der Waals surface area contributed by atoms with E-state index < -0.39 is 0 Å². The van der Waals surface area contributed by atoms with Gasteiger partial charge < -0.3 is 15.4 Å². The van der Waals surface area contributed by atoms with Crippen molar-refractivity contribution < 1.29 is 9.53 Å². The lowest BCUT2D eigenvalue weighted by Crippen LogP contribution is -2.48. The Morgan fingerprint density at radius 3 is 2.93 bits per heavy atom. The quantitative estimate of drug-likeness (QED) is 0.746. The van der Waals surface area contributed by atoms with Crippen LogP contribution >= 0.6 is 0 Å². The van der Waals surface area contributed by atoms with Crippen LogP contribution in [0.3, 0.4) is 0 Å². The minimum atomic E-state index is 0.0294. The summed E-state index contributed by atoms with van der Waals surface area (Å²) < 4.78 is 5.41. The lowest BCUT2D eigenvalue weighted by molar-refractivity contribution is -0.138. The summed E-state index contributed by atoms with van der Waals surface area (Å²) in [6, 6.07) is 0. The number of rotatable bonds is 4. The van der Waals surface area contributed by atoms with Crippen molar-refractivity contribution in [3.05, 3.63) is 0 Å². The number of amides is 1. The summed E-state index contributed by atoms with van der Waals surface area (Å²) in [5.74, 6) is 0.825. The van der Waals surface area contributed by atoms with Crippen LogP contribution in [0.5, 0.6) is 0 Å². The van der Waals surface area contributed by atoms with Crippen molar-refractivity contribution in [1.82, 2.24) is 4.90 Å². The second-order valence-electron chi connectivity index (χ2n) is 4.50. The summed E-state index contributed by atoms with van der Waals surface area (Å²) in [6.07, 6.45) is 1.64. The van der Waals surface area contributed by atoms with Crippen LogP contribution in [0.25, 0.3) is 0 Å². The predicted octanol–water partition coefficient (Wildman–Crippen LogP) is 0.609. The molecule has 2 N–H and O–H groups in total. The largest absolute Gasteiger partial charge is 0.373 e. The van der Waals surface area contributed by atoms with Crippen molar-refractivity contribution in [1.29, 1.82) is 0 Å². The van der Waals surface area contributed by atoms with Crippen molar-refractivity contribution in [2.75, 3.05) is 26.2 Å². The van der Waals surface area contributed by atoms with Crippen molar-refractivity contribution in [3.63, 3.8) is 0 Å². The lowest BCUT2D eigenvalue weighted by atomic mass is 10.1. The SMILES string of the molecule is CC(C)CCC(=O)N1CCOC(CN)C1. The molecule has 0 aliphatic carbocycles. The second-order valence-corrected chi connectivity index (χ2v) is 4.50. The van der Waals surface area contributed by atoms with E-state index >= 15 is 0 Å². The molecular formula is C11H22N2O2. The molecule has 1 rings (SSSR count). The van der Waals surface area contributed by atoms with E-state index in [0.29, 0.717) is 38.6 Å². The number of nitrogens with zero attached hydrogens (tertiary/aromatic N) is 1. The molecule has 88 valence electrons. The zero-order valence-corrected chi connectivity index (χ0v) is 9.74. The summed E-state index contributed by atoms with van der Waals surface area (Å²) in [6.45, 7) is 6.76. The Kier molecular flexibility index (Phi) is 5.05. The van der Waals surface area contributed by atoms with E-state index in [0.717, 1.165) is 6.42 Å². The first kappa shape index (κ1) is 12.5. The van der Waals surface area contributed by atoms with Crippen molar-refractivity contribution in [2.45, 2.75) is 32.8 Å². The van der Waals surface area contributed by atoms with Crippen LogP contribution < -0.4 is 5.73 Å². The van der Waals surface area contributed by atoms with Gasteiger partial charge in [0, 0.05) is 26.1 Å². The van der Waals surface area contributed by atoms with Crippen LogP contribution in [0.2, 0.25) is 0 Å². The van der Waals surface area contributed by atoms with E-state index in [-0.39, 0.29) is 12.0 Å². The fourth-order valence-electron chi connectivity index (χ4n) is 1.66. The van der Waals surface area contributed by atoms with E-state index in [9.17, 15) is 4.79 Å². The highest BCUT2D eigenvalue weighted by Crippen LogP contribution is 2.10. The summed E-state index contributed by atoms with van der Waals surface area (Å²) in [5, 5.41) is 0. The van der Waals surface area contributed by atoms with E-state index in [1.807, 2.05) is 4.90 Å². The van der Waals surface area contributed by atoms with Gasteiger partial charge in [-0.3, -0.25) is 4.79 Å². The van der Waals surface area contributed by atoms with Crippen molar-refractivity contribution in [3.8, 4) is 0 Å². The van der Waals surface area contributed by atoms with E-state index in [1.165, 1.54) is 0 Å². The molecule has 1 unspecified atom stereocenters. The number of hydrogen-bond acceptors (Lipinski definition) is 3. The first-order chi connectivity index (χ1) is 7.13. The maximum absolute atomic E-state index is 11.8. The number of nitrogens with two attached hydrogens (primary N) is 1. The zero-order chi connectivity index (χ0) is 11.3. The highest BCUT2D eigenvalue weighted by molar-refractivity contribution is 5.76. The lowest BCUT2D eigenvalue weighted by Gasteiger charge is -2.32. The third-order valence-corrected chi connectivity index (χ3v) is 2.69. The molecule has 0 radical (unpaired) electrons. The maximum atomic E-state index is 11.8. The Morgan fingerprint density at radius 2 is 2.33 bits per heavy atom. The summed E-state index contributed by atoms with van der Waals surface area (Å²) in [7, 11) is 0. The average molecular weight is 214 g/mol. The molecule has 1 heterocycles. The number of carbonyl (C=O) groups excluding carboxylic acids is 1. The monoisotopic (exact) mass is 214 g/mol. The molecule has 4 heteroatoms. The Bertz CT molecular complexity index is 207. The molecule has 1 aliphatic rings. The van der Waals surface area contributed by atoms with Gasteiger partial charge in [0.15, 0.2) is 0 Å². The highest BCUT2D eigenvalue weighted by Gasteiger charge is 2.22. The molecule has 1 saturated heterocycles. The summed E-state index contributed by atoms with van der Waals surface area (Å²) in [5.41, 5.74) is 5.52. The first-order valence-electron chi connectivity index (χ1n) is 5.73. The van der Waals surface area contributed by atoms with Gasteiger partial charge in [-0.15, -0.1) is 0 Å². The molecule has 1 atom stereocenters. The van der Waals surface area contributed by atoms with E-state index in [1.54, 1.807) is 0 Å². The fraction of sp³-hybridized carbons (Fsp3) is 0.909. The Balaban J connectivity index is 2.32. The second kappa shape index (κ2) is 6.08. The Hall–Kier alpha value is -0.610. The number of hydrogen-bond donors (Lipinski definition) is 1. The molecule has 0 spiro atoms. The van der Waals surface area contributed by atoms with Crippen LogP contribution in [0.1, 0.15) is 26.7 Å². The third kappa shape index (κ3) is 4.18. The minimum Gasteiger partial charge on any atom is -0.373 e. The predicted molar refractivity (Wildman–Crippen MR) is 59.4 cm³/mol. The molecule has 1 amide bonds. The van der Waals surface area contributed by atoms with Crippen LogP contribution in [-0.2, 0) is 9.53 Å². The van der Waals surface area contributed by atoms with Gasteiger partial charge in [-0.2, -0.15) is 0 Å². The molecule has 4 nitrogen and oxygen atoms in total. The van der Waals surface area contributed by atoms with Crippen LogP contribution in [0, 0.1) is 5.92 Å².